The van der Waals surface area contributed by atoms with E-state index in [1.807, 2.05) is 0 Å². The van der Waals surface area contributed by atoms with E-state index in [9.17, 15) is 23.8 Å². The number of aliphatic hydroxyl groups is 1. The molecule has 6 nitrogen and oxygen atoms in total. The number of halogens is 3. The number of aromatic nitrogens is 2. The normalized spacial score (nSPS) is 15.2. The third-order valence-corrected chi connectivity index (χ3v) is 4.49. The number of nitrogens with one attached hydrogen (secondary N) is 1. The summed E-state index contributed by atoms with van der Waals surface area (Å²) in [5.74, 6) is -1.63. The highest BCUT2D eigenvalue weighted by Crippen LogP contribution is 2.48. The molecule has 2 aromatic rings. The Morgan fingerprint density at radius 2 is 1.92 bits per heavy atom. The molecule has 0 bridgehead atoms. The van der Waals surface area contributed by atoms with Gasteiger partial charge in [-0.2, -0.15) is 0 Å². The van der Waals surface area contributed by atoms with Crippen molar-refractivity contribution >= 4 is 22.0 Å². The third-order valence-electron chi connectivity index (χ3n) is 4.11. The Balaban J connectivity index is 2.79. The van der Waals surface area contributed by atoms with Crippen LogP contribution < -0.4 is 5.32 Å². The van der Waals surface area contributed by atoms with Crippen molar-refractivity contribution in [3.8, 4) is 0 Å². The highest BCUT2D eigenvalue weighted by Gasteiger charge is 2.52. The zero-order chi connectivity index (χ0) is 19.7. The molecule has 2 rings (SSSR count). The standard InChI is InChI=1S/C17H18BrF2N3O3/c1-16(2,3)17(26,10-8-9(19)4-5-11(10)20)13(23-15(24)25)12-6-7-21-14(18)22-12/h4-8,13,23,26H,1-3H3,(H,24,25)/t13-,17-/m1/s1. The first-order valence-electron chi connectivity index (χ1n) is 7.62. The molecule has 1 amide bonds. The molecule has 26 heavy (non-hydrogen) atoms. The molecule has 2 atom stereocenters. The van der Waals surface area contributed by atoms with Gasteiger partial charge in [0.25, 0.3) is 0 Å². The maximum Gasteiger partial charge on any atom is 0.405 e. The van der Waals surface area contributed by atoms with Gasteiger partial charge >= 0.3 is 6.09 Å². The largest absolute Gasteiger partial charge is 0.465 e. The lowest BCUT2D eigenvalue weighted by molar-refractivity contribution is -0.0977. The van der Waals surface area contributed by atoms with Crippen molar-refractivity contribution in [1.82, 2.24) is 15.3 Å². The van der Waals surface area contributed by atoms with E-state index in [-0.39, 0.29) is 16.0 Å². The molecule has 0 fully saturated rings. The Morgan fingerprint density at radius 3 is 2.46 bits per heavy atom. The van der Waals surface area contributed by atoms with Gasteiger partial charge in [-0.25, -0.2) is 23.5 Å². The van der Waals surface area contributed by atoms with Crippen LogP contribution in [-0.2, 0) is 5.60 Å². The fraction of sp³-hybridized carbons (Fsp3) is 0.353. The minimum atomic E-state index is -2.16. The van der Waals surface area contributed by atoms with Crippen LogP contribution in [0.2, 0.25) is 0 Å². The number of carbonyl (C=O) groups is 1. The topological polar surface area (TPSA) is 95.3 Å². The molecule has 0 aliphatic rings. The molecule has 1 aromatic heterocycles. The van der Waals surface area contributed by atoms with E-state index in [4.69, 9.17) is 0 Å². The van der Waals surface area contributed by atoms with Crippen molar-refractivity contribution in [2.24, 2.45) is 5.41 Å². The lowest BCUT2D eigenvalue weighted by Gasteiger charge is -2.45. The molecule has 0 aliphatic carbocycles. The minimum Gasteiger partial charge on any atom is -0.465 e. The van der Waals surface area contributed by atoms with Crippen molar-refractivity contribution in [3.63, 3.8) is 0 Å². The van der Waals surface area contributed by atoms with Crippen LogP contribution in [0.1, 0.15) is 38.1 Å². The summed E-state index contributed by atoms with van der Waals surface area (Å²) in [5.41, 5.74) is -3.55. The molecule has 0 spiro atoms. The van der Waals surface area contributed by atoms with Crippen molar-refractivity contribution in [2.75, 3.05) is 0 Å². The summed E-state index contributed by atoms with van der Waals surface area (Å²) in [4.78, 5) is 19.3. The Kier molecular flexibility index (Phi) is 5.62. The van der Waals surface area contributed by atoms with Gasteiger partial charge in [0.05, 0.1) is 5.69 Å². The monoisotopic (exact) mass is 429 g/mol. The van der Waals surface area contributed by atoms with Crippen LogP contribution in [0.4, 0.5) is 13.6 Å². The van der Waals surface area contributed by atoms with Crippen LogP contribution in [0.5, 0.6) is 0 Å². The van der Waals surface area contributed by atoms with E-state index in [2.05, 4.69) is 31.2 Å². The second-order valence-corrected chi connectivity index (χ2v) is 7.48. The van der Waals surface area contributed by atoms with E-state index >= 15 is 0 Å². The average Bonchev–Trinajstić information content (AvgIpc) is 2.53. The molecule has 140 valence electrons. The molecule has 1 heterocycles. The summed E-state index contributed by atoms with van der Waals surface area (Å²) in [6.07, 6.45) is -0.0993. The first-order valence-corrected chi connectivity index (χ1v) is 8.42. The van der Waals surface area contributed by atoms with Crippen molar-refractivity contribution < 1.29 is 23.8 Å². The summed E-state index contributed by atoms with van der Waals surface area (Å²) in [7, 11) is 0. The molecule has 0 aliphatic heterocycles. The molecule has 3 N–H and O–H groups in total. The maximum absolute atomic E-state index is 14.5. The van der Waals surface area contributed by atoms with E-state index in [0.29, 0.717) is 0 Å². The molecule has 1 aromatic carbocycles. The Morgan fingerprint density at radius 1 is 1.27 bits per heavy atom. The summed E-state index contributed by atoms with van der Waals surface area (Å²) in [5, 5.41) is 23.0. The quantitative estimate of drug-likeness (QED) is 0.643. The van der Waals surface area contributed by atoms with Crippen LogP contribution >= 0.6 is 15.9 Å². The Bertz CT molecular complexity index is 829. The van der Waals surface area contributed by atoms with Crippen molar-refractivity contribution in [2.45, 2.75) is 32.4 Å². The average molecular weight is 430 g/mol. The SMILES string of the molecule is CC(C)(C)[C@@](O)(c1cc(F)ccc1F)[C@H](NC(=O)O)c1ccnc(Br)n1. The number of nitrogens with zero attached hydrogens (tertiary/aromatic N) is 2. The van der Waals surface area contributed by atoms with Gasteiger partial charge in [-0.1, -0.05) is 20.8 Å². The minimum absolute atomic E-state index is 0.0929. The van der Waals surface area contributed by atoms with E-state index in [1.54, 1.807) is 20.8 Å². The summed E-state index contributed by atoms with van der Waals surface area (Å²) < 4.78 is 28.5. The highest BCUT2D eigenvalue weighted by molar-refractivity contribution is 9.10. The van der Waals surface area contributed by atoms with Gasteiger partial charge in [-0.15, -0.1) is 0 Å². The van der Waals surface area contributed by atoms with Crippen LogP contribution in [0.15, 0.2) is 35.2 Å². The van der Waals surface area contributed by atoms with Crippen molar-refractivity contribution in [1.29, 1.82) is 0 Å². The number of amides is 1. The molecule has 0 unspecified atom stereocenters. The number of hydrogen-bond acceptors (Lipinski definition) is 4. The van der Waals surface area contributed by atoms with E-state index < -0.39 is 34.8 Å². The van der Waals surface area contributed by atoms with Gasteiger partial charge < -0.3 is 15.5 Å². The first-order chi connectivity index (χ1) is 12.0. The second kappa shape index (κ2) is 7.24. The fourth-order valence-corrected chi connectivity index (χ4v) is 3.13. The van der Waals surface area contributed by atoms with E-state index in [1.165, 1.54) is 12.3 Å². The van der Waals surface area contributed by atoms with Gasteiger partial charge in [0.1, 0.15) is 23.3 Å². The van der Waals surface area contributed by atoms with Gasteiger partial charge in [0, 0.05) is 11.8 Å². The smallest absolute Gasteiger partial charge is 0.405 e. The molecule has 0 radical (unpaired) electrons. The fourth-order valence-electron chi connectivity index (χ4n) is 2.81. The van der Waals surface area contributed by atoms with Crippen LogP contribution in [0.25, 0.3) is 0 Å². The predicted molar refractivity (Wildman–Crippen MR) is 93.3 cm³/mol. The first kappa shape index (κ1) is 20.2. The number of benzene rings is 1. The zero-order valence-electron chi connectivity index (χ0n) is 14.3. The molecule has 9 heteroatoms. The summed E-state index contributed by atoms with van der Waals surface area (Å²) in [6.45, 7) is 4.76. The Hall–Kier alpha value is -2.13. The van der Waals surface area contributed by atoms with Gasteiger partial charge in [-0.05, 0) is 45.6 Å². The van der Waals surface area contributed by atoms with Crippen LogP contribution in [0, 0.1) is 17.0 Å². The molecular formula is C17H18BrF2N3O3. The van der Waals surface area contributed by atoms with Gasteiger partial charge in [-0.3, -0.25) is 0 Å². The Labute approximate surface area is 157 Å². The van der Waals surface area contributed by atoms with Crippen LogP contribution in [-0.4, -0.2) is 26.3 Å². The van der Waals surface area contributed by atoms with E-state index in [0.717, 1.165) is 18.2 Å². The summed E-state index contributed by atoms with van der Waals surface area (Å²) in [6, 6.07) is 2.65. The maximum atomic E-state index is 14.5. The van der Waals surface area contributed by atoms with Crippen molar-refractivity contribution in [3.05, 3.63) is 58.1 Å². The highest BCUT2D eigenvalue weighted by atomic mass is 79.9. The number of rotatable bonds is 4. The summed E-state index contributed by atoms with van der Waals surface area (Å²) >= 11 is 3.08. The molecular weight excluding hydrogens is 412 g/mol. The van der Waals surface area contributed by atoms with Gasteiger partial charge in [0.15, 0.2) is 4.73 Å². The molecule has 0 saturated carbocycles. The predicted octanol–water partition coefficient (Wildman–Crippen LogP) is 3.76. The second-order valence-electron chi connectivity index (χ2n) is 6.77. The lowest BCUT2D eigenvalue weighted by Crippen LogP contribution is -2.52. The number of hydrogen-bond donors (Lipinski definition) is 3. The van der Waals surface area contributed by atoms with Gasteiger partial charge in [0.2, 0.25) is 0 Å². The lowest BCUT2D eigenvalue weighted by atomic mass is 9.67. The zero-order valence-corrected chi connectivity index (χ0v) is 15.9. The molecule has 0 saturated heterocycles. The third kappa shape index (κ3) is 3.83. The van der Waals surface area contributed by atoms with Crippen LogP contribution in [0.3, 0.4) is 0 Å². The number of carboxylic acid groups (broad SMARTS) is 1.